The molecule has 1 aromatic heterocycles. The lowest BCUT2D eigenvalue weighted by Crippen LogP contribution is -2.17. The number of halogens is 1. The Morgan fingerprint density at radius 2 is 2.00 bits per heavy atom. The number of hydrogen-bond donors (Lipinski definition) is 1. The molecule has 4 nitrogen and oxygen atoms in total. The number of aromatic carboxylic acids is 1. The second kappa shape index (κ2) is 4.81. The maximum atomic E-state index is 11.1. The summed E-state index contributed by atoms with van der Waals surface area (Å²) in [5.41, 5.74) is 1.57. The fraction of sp³-hybridized carbons (Fsp3) is 0.286. The third kappa shape index (κ3) is 2.87. The molecule has 0 atom stereocenters. The monoisotopic (exact) mass is 322 g/mol. The van der Waals surface area contributed by atoms with Crippen LogP contribution < -0.4 is 0 Å². The second-order valence-corrected chi connectivity index (χ2v) is 6.28. The van der Waals surface area contributed by atoms with Crippen LogP contribution in [-0.4, -0.2) is 20.9 Å². The highest BCUT2D eigenvalue weighted by Crippen LogP contribution is 2.26. The van der Waals surface area contributed by atoms with E-state index in [2.05, 4.69) is 21.0 Å². The summed E-state index contributed by atoms with van der Waals surface area (Å²) in [5.74, 6) is -1.01. The zero-order valence-electron chi connectivity index (χ0n) is 11.0. The number of benzene rings is 1. The molecule has 0 saturated carbocycles. The normalized spacial score (nSPS) is 11.6. The van der Waals surface area contributed by atoms with Crippen LogP contribution in [0.1, 0.15) is 37.0 Å². The summed E-state index contributed by atoms with van der Waals surface area (Å²) in [6.07, 6.45) is 0. The van der Waals surface area contributed by atoms with E-state index in [9.17, 15) is 4.79 Å². The van der Waals surface area contributed by atoms with Crippen molar-refractivity contribution in [2.24, 2.45) is 0 Å². The molecule has 0 bridgehead atoms. The van der Waals surface area contributed by atoms with Gasteiger partial charge in [0.15, 0.2) is 5.69 Å². The van der Waals surface area contributed by atoms with Crippen LogP contribution >= 0.6 is 15.9 Å². The van der Waals surface area contributed by atoms with Gasteiger partial charge in [0.1, 0.15) is 0 Å². The van der Waals surface area contributed by atoms with E-state index < -0.39 is 5.97 Å². The average Bonchev–Trinajstić information content (AvgIpc) is 2.73. The first-order chi connectivity index (χ1) is 8.79. The molecule has 2 aromatic rings. The van der Waals surface area contributed by atoms with Gasteiger partial charge in [-0.1, -0.05) is 42.8 Å². The molecule has 1 N–H and O–H groups in total. The fourth-order valence-corrected chi connectivity index (χ4v) is 2.21. The molecule has 5 heteroatoms. The average molecular weight is 323 g/mol. The van der Waals surface area contributed by atoms with Crippen molar-refractivity contribution in [3.63, 3.8) is 0 Å². The third-order valence-electron chi connectivity index (χ3n) is 2.75. The number of aromatic nitrogens is 2. The first-order valence-corrected chi connectivity index (χ1v) is 6.68. The van der Waals surface area contributed by atoms with Crippen LogP contribution in [0.15, 0.2) is 34.8 Å². The van der Waals surface area contributed by atoms with E-state index in [1.165, 1.54) is 0 Å². The first kappa shape index (κ1) is 13.8. The van der Waals surface area contributed by atoms with E-state index in [-0.39, 0.29) is 11.1 Å². The van der Waals surface area contributed by atoms with E-state index >= 15 is 0 Å². The van der Waals surface area contributed by atoms with Gasteiger partial charge in [-0.25, -0.2) is 9.48 Å². The summed E-state index contributed by atoms with van der Waals surface area (Å²) in [7, 11) is 0. The molecule has 19 heavy (non-hydrogen) atoms. The van der Waals surface area contributed by atoms with E-state index in [4.69, 9.17) is 5.11 Å². The van der Waals surface area contributed by atoms with E-state index in [0.29, 0.717) is 0 Å². The van der Waals surface area contributed by atoms with Crippen molar-refractivity contribution in [3.8, 4) is 5.69 Å². The molecule has 0 fully saturated rings. The smallest absolute Gasteiger partial charge is 0.356 e. The molecule has 0 unspecified atom stereocenters. The first-order valence-electron chi connectivity index (χ1n) is 5.89. The summed E-state index contributed by atoms with van der Waals surface area (Å²) >= 11 is 3.41. The maximum Gasteiger partial charge on any atom is 0.356 e. The topological polar surface area (TPSA) is 55.1 Å². The highest BCUT2D eigenvalue weighted by Gasteiger charge is 2.23. The maximum absolute atomic E-state index is 11.1. The summed E-state index contributed by atoms with van der Waals surface area (Å²) in [6, 6.07) is 9.26. The van der Waals surface area contributed by atoms with Crippen LogP contribution in [0.25, 0.3) is 5.69 Å². The Bertz CT molecular complexity index is 627. The number of rotatable bonds is 2. The van der Waals surface area contributed by atoms with Crippen molar-refractivity contribution in [2.45, 2.75) is 26.2 Å². The van der Waals surface area contributed by atoms with E-state index in [1.807, 2.05) is 45.0 Å². The van der Waals surface area contributed by atoms with Crippen molar-refractivity contribution in [3.05, 3.63) is 46.2 Å². The minimum atomic E-state index is -1.01. The Hall–Kier alpha value is -1.62. The quantitative estimate of drug-likeness (QED) is 0.918. The molecule has 0 spiro atoms. The highest BCUT2D eigenvalue weighted by molar-refractivity contribution is 9.10. The van der Waals surface area contributed by atoms with Crippen molar-refractivity contribution in [1.82, 2.24) is 9.78 Å². The van der Waals surface area contributed by atoms with Crippen molar-refractivity contribution in [2.75, 3.05) is 0 Å². The zero-order valence-corrected chi connectivity index (χ0v) is 12.6. The van der Waals surface area contributed by atoms with Gasteiger partial charge < -0.3 is 5.11 Å². The number of carboxylic acids is 1. The van der Waals surface area contributed by atoms with Crippen LogP contribution in [-0.2, 0) is 5.41 Å². The van der Waals surface area contributed by atoms with Gasteiger partial charge in [-0.05, 0) is 24.3 Å². The minimum absolute atomic E-state index is 0.0601. The molecular formula is C14H15BrN2O2. The molecule has 100 valence electrons. The SMILES string of the molecule is CC(C)(C)c1cc(C(=O)O)nn1-c1cccc(Br)c1. The number of carboxylic acid groups (broad SMARTS) is 1. The number of nitrogens with zero attached hydrogens (tertiary/aromatic N) is 2. The fourth-order valence-electron chi connectivity index (χ4n) is 1.82. The third-order valence-corrected chi connectivity index (χ3v) is 3.24. The van der Waals surface area contributed by atoms with Crippen LogP contribution in [0.2, 0.25) is 0 Å². The Kier molecular flexibility index (Phi) is 3.49. The summed E-state index contributed by atoms with van der Waals surface area (Å²) in [4.78, 5) is 11.1. The molecule has 0 saturated heterocycles. The van der Waals surface area contributed by atoms with Crippen molar-refractivity contribution in [1.29, 1.82) is 0 Å². The predicted octanol–water partition coefficient (Wildman–Crippen LogP) is 3.63. The largest absolute Gasteiger partial charge is 0.476 e. The van der Waals surface area contributed by atoms with Crippen LogP contribution in [0.5, 0.6) is 0 Å². The zero-order chi connectivity index (χ0) is 14.2. The van der Waals surface area contributed by atoms with Crippen molar-refractivity contribution < 1.29 is 9.90 Å². The van der Waals surface area contributed by atoms with Crippen LogP contribution in [0, 0.1) is 0 Å². The molecule has 0 radical (unpaired) electrons. The Balaban J connectivity index is 2.64. The minimum Gasteiger partial charge on any atom is -0.476 e. The Morgan fingerprint density at radius 1 is 1.32 bits per heavy atom. The van der Waals surface area contributed by atoms with Gasteiger partial charge in [0, 0.05) is 9.89 Å². The van der Waals surface area contributed by atoms with Gasteiger partial charge in [0.2, 0.25) is 0 Å². The molecule has 0 aliphatic heterocycles. The van der Waals surface area contributed by atoms with E-state index in [1.54, 1.807) is 10.7 Å². The molecular weight excluding hydrogens is 308 g/mol. The molecule has 1 aromatic carbocycles. The summed E-state index contributed by atoms with van der Waals surface area (Å²) in [5, 5.41) is 13.3. The van der Waals surface area contributed by atoms with Crippen LogP contribution in [0.4, 0.5) is 0 Å². The summed E-state index contributed by atoms with van der Waals surface area (Å²) in [6.45, 7) is 6.10. The molecule has 2 rings (SSSR count). The van der Waals surface area contributed by atoms with Crippen molar-refractivity contribution >= 4 is 21.9 Å². The summed E-state index contributed by atoms with van der Waals surface area (Å²) < 4.78 is 2.62. The number of carbonyl (C=O) groups is 1. The predicted molar refractivity (Wildman–Crippen MR) is 76.9 cm³/mol. The second-order valence-electron chi connectivity index (χ2n) is 5.36. The van der Waals surface area contributed by atoms with Crippen LogP contribution in [0.3, 0.4) is 0 Å². The van der Waals surface area contributed by atoms with Gasteiger partial charge in [0.25, 0.3) is 0 Å². The standard InChI is InChI=1S/C14H15BrN2O2/c1-14(2,3)12-8-11(13(18)19)16-17(12)10-6-4-5-9(15)7-10/h4-8H,1-3H3,(H,18,19). The van der Waals surface area contributed by atoms with Gasteiger partial charge in [-0.3, -0.25) is 0 Å². The van der Waals surface area contributed by atoms with Gasteiger partial charge in [-0.15, -0.1) is 0 Å². The molecule has 1 heterocycles. The molecule has 0 amide bonds. The van der Waals surface area contributed by atoms with Gasteiger partial charge in [0.05, 0.1) is 11.4 Å². The molecule has 0 aliphatic carbocycles. The highest BCUT2D eigenvalue weighted by atomic mass is 79.9. The Morgan fingerprint density at radius 3 is 2.53 bits per heavy atom. The van der Waals surface area contributed by atoms with E-state index in [0.717, 1.165) is 15.9 Å². The lowest BCUT2D eigenvalue weighted by atomic mass is 9.91. The molecule has 0 aliphatic rings. The number of hydrogen-bond acceptors (Lipinski definition) is 2. The lowest BCUT2D eigenvalue weighted by Gasteiger charge is -2.20. The van der Waals surface area contributed by atoms with Gasteiger partial charge in [-0.2, -0.15) is 5.10 Å². The Labute approximate surface area is 120 Å². The van der Waals surface area contributed by atoms with Gasteiger partial charge >= 0.3 is 5.97 Å². The lowest BCUT2D eigenvalue weighted by molar-refractivity contribution is 0.0690.